The molecule has 2 aromatic carbocycles. The minimum Gasteiger partial charge on any atom is -0.381 e. The Kier molecular flexibility index (Phi) is 8.89. The van der Waals surface area contributed by atoms with Gasteiger partial charge in [0.15, 0.2) is 5.60 Å². The molecular weight excluding hydrogens is 460 g/mol. The highest BCUT2D eigenvalue weighted by Gasteiger charge is 2.46. The van der Waals surface area contributed by atoms with Crippen LogP contribution in [-0.4, -0.2) is 71.4 Å². The van der Waals surface area contributed by atoms with E-state index in [2.05, 4.69) is 16.7 Å². The number of carbonyl (C=O) groups is 2. The van der Waals surface area contributed by atoms with Crippen LogP contribution in [0.2, 0.25) is 0 Å². The van der Waals surface area contributed by atoms with Gasteiger partial charge in [0.25, 0.3) is 18.2 Å². The molecule has 2 aromatic rings. The molecule has 2 atom stereocenters. The molecule has 10 heteroatoms. The van der Waals surface area contributed by atoms with Crippen LogP contribution in [0.3, 0.4) is 0 Å². The van der Waals surface area contributed by atoms with E-state index in [-0.39, 0.29) is 5.56 Å². The third kappa shape index (κ3) is 7.07. The molecule has 1 saturated heterocycles. The van der Waals surface area contributed by atoms with Crippen LogP contribution in [0.4, 0.5) is 8.78 Å². The first-order chi connectivity index (χ1) is 16.7. The van der Waals surface area contributed by atoms with Gasteiger partial charge in [0, 0.05) is 36.3 Å². The summed E-state index contributed by atoms with van der Waals surface area (Å²) in [4.78, 5) is 26.5. The molecule has 1 aliphatic rings. The number of carbonyl (C=O) groups excluding carboxylic acids is 2. The van der Waals surface area contributed by atoms with E-state index in [4.69, 9.17) is 9.94 Å². The lowest BCUT2D eigenvalue weighted by atomic mass is 9.95. The van der Waals surface area contributed by atoms with Crippen LogP contribution in [0.25, 0.3) is 0 Å². The summed E-state index contributed by atoms with van der Waals surface area (Å²) in [7, 11) is 0. The average molecular weight is 488 g/mol. The number of hydrogen-bond donors (Lipinski definition) is 4. The second-order valence-electron chi connectivity index (χ2n) is 8.32. The fourth-order valence-electron chi connectivity index (χ4n) is 3.44. The molecular formula is C25H27F2N3O5. The molecule has 0 bridgehead atoms. The molecule has 4 N–H and O–H groups in total. The molecule has 1 heterocycles. The number of nitrogens with one attached hydrogen (secondary N) is 2. The standard InChI is InChI=1S/C25H27F2N3O5/c1-25(33,24(26)27)21(23(32)29-34)28-22(31)20-10-8-18(9-11-20)3-2-17-4-6-19(7-5-17)16-30-12-14-35-15-13-30/h4-11,21,24,33-34H,12-16H2,1H3,(H,28,31)(H,29,32). The minimum atomic E-state index is -3.35. The number of nitrogens with zero attached hydrogens (tertiary/aromatic N) is 1. The summed E-state index contributed by atoms with van der Waals surface area (Å²) in [5, 5.41) is 20.7. The molecule has 0 aromatic heterocycles. The molecule has 1 fully saturated rings. The number of hydroxylamine groups is 1. The van der Waals surface area contributed by atoms with Crippen molar-refractivity contribution in [3.05, 3.63) is 70.8 Å². The minimum absolute atomic E-state index is 0.0591. The molecule has 2 amide bonds. The van der Waals surface area contributed by atoms with Gasteiger partial charge in [-0.05, 0) is 48.9 Å². The Morgan fingerprint density at radius 1 is 1.06 bits per heavy atom. The van der Waals surface area contributed by atoms with Crippen LogP contribution < -0.4 is 10.8 Å². The van der Waals surface area contributed by atoms with Gasteiger partial charge < -0.3 is 15.2 Å². The monoisotopic (exact) mass is 487 g/mol. The van der Waals surface area contributed by atoms with Gasteiger partial charge in [-0.25, -0.2) is 14.3 Å². The van der Waals surface area contributed by atoms with Crippen LogP contribution in [0.1, 0.15) is 34.0 Å². The second-order valence-corrected chi connectivity index (χ2v) is 8.32. The number of aliphatic hydroxyl groups is 1. The molecule has 0 radical (unpaired) electrons. The van der Waals surface area contributed by atoms with Crippen molar-refractivity contribution in [3.63, 3.8) is 0 Å². The topological polar surface area (TPSA) is 111 Å². The maximum absolute atomic E-state index is 13.1. The van der Waals surface area contributed by atoms with Gasteiger partial charge >= 0.3 is 0 Å². The summed E-state index contributed by atoms with van der Waals surface area (Å²) in [6, 6.07) is 11.8. The van der Waals surface area contributed by atoms with Crippen molar-refractivity contribution >= 4 is 11.8 Å². The SMILES string of the molecule is CC(O)(C(F)F)C(NC(=O)c1ccc(C#Cc2ccc(CN3CCOCC3)cc2)cc1)C(=O)NO. The van der Waals surface area contributed by atoms with E-state index < -0.39 is 29.9 Å². The zero-order valence-electron chi connectivity index (χ0n) is 19.1. The van der Waals surface area contributed by atoms with Crippen LogP contribution in [-0.2, 0) is 16.1 Å². The zero-order chi connectivity index (χ0) is 25.4. The van der Waals surface area contributed by atoms with E-state index in [1.54, 1.807) is 12.1 Å². The van der Waals surface area contributed by atoms with Crippen LogP contribution in [0.5, 0.6) is 0 Å². The molecule has 186 valence electrons. The highest BCUT2D eigenvalue weighted by molar-refractivity contribution is 5.97. The van der Waals surface area contributed by atoms with Gasteiger partial charge in [-0.2, -0.15) is 0 Å². The molecule has 0 saturated carbocycles. The number of morpholine rings is 1. The van der Waals surface area contributed by atoms with Crippen molar-refractivity contribution in [2.24, 2.45) is 0 Å². The number of hydrogen-bond acceptors (Lipinski definition) is 6. The Hall–Kier alpha value is -3.36. The van der Waals surface area contributed by atoms with Crippen molar-refractivity contribution < 1.29 is 33.4 Å². The van der Waals surface area contributed by atoms with Gasteiger partial charge in [-0.15, -0.1) is 0 Å². The first kappa shape index (κ1) is 26.2. The Morgan fingerprint density at radius 2 is 1.60 bits per heavy atom. The van der Waals surface area contributed by atoms with Crippen molar-refractivity contribution in [1.29, 1.82) is 0 Å². The fourth-order valence-corrected chi connectivity index (χ4v) is 3.44. The number of rotatable bonds is 7. The largest absolute Gasteiger partial charge is 0.381 e. The van der Waals surface area contributed by atoms with Gasteiger partial charge in [0.2, 0.25) is 0 Å². The first-order valence-corrected chi connectivity index (χ1v) is 11.0. The van der Waals surface area contributed by atoms with E-state index in [0.717, 1.165) is 38.4 Å². The van der Waals surface area contributed by atoms with Crippen molar-refractivity contribution in [2.45, 2.75) is 31.5 Å². The number of amides is 2. The molecule has 2 unspecified atom stereocenters. The highest BCUT2D eigenvalue weighted by atomic mass is 19.3. The van der Waals surface area contributed by atoms with Crippen molar-refractivity contribution in [2.75, 3.05) is 26.3 Å². The number of alkyl halides is 2. The molecule has 8 nitrogen and oxygen atoms in total. The van der Waals surface area contributed by atoms with Crippen LogP contribution >= 0.6 is 0 Å². The summed E-state index contributed by atoms with van der Waals surface area (Å²) in [5.74, 6) is 3.78. The average Bonchev–Trinajstić information content (AvgIpc) is 2.87. The van der Waals surface area contributed by atoms with Gasteiger partial charge in [-0.3, -0.25) is 19.7 Å². The molecule has 0 aliphatic carbocycles. The quantitative estimate of drug-likeness (QED) is 0.268. The van der Waals surface area contributed by atoms with Crippen LogP contribution in [0, 0.1) is 11.8 Å². The zero-order valence-corrected chi connectivity index (χ0v) is 19.1. The lowest BCUT2D eigenvalue weighted by Gasteiger charge is -2.30. The Morgan fingerprint density at radius 3 is 2.11 bits per heavy atom. The van der Waals surface area contributed by atoms with E-state index in [1.807, 2.05) is 29.6 Å². The maximum Gasteiger partial charge on any atom is 0.269 e. The highest BCUT2D eigenvalue weighted by Crippen LogP contribution is 2.20. The predicted octanol–water partition coefficient (Wildman–Crippen LogP) is 1.54. The Bertz CT molecular complexity index is 1070. The number of benzene rings is 2. The summed E-state index contributed by atoms with van der Waals surface area (Å²) in [6.45, 7) is 4.87. The van der Waals surface area contributed by atoms with E-state index in [9.17, 15) is 23.5 Å². The first-order valence-electron chi connectivity index (χ1n) is 11.0. The number of ether oxygens (including phenoxy) is 1. The fraction of sp³-hybridized carbons (Fsp3) is 0.360. The third-order valence-electron chi connectivity index (χ3n) is 5.64. The Labute approximate surface area is 201 Å². The van der Waals surface area contributed by atoms with Crippen molar-refractivity contribution in [3.8, 4) is 11.8 Å². The second kappa shape index (κ2) is 11.9. The lowest BCUT2D eigenvalue weighted by Crippen LogP contribution is -2.61. The van der Waals surface area contributed by atoms with Gasteiger partial charge in [-0.1, -0.05) is 24.0 Å². The summed E-state index contributed by atoms with van der Waals surface area (Å²) >= 11 is 0. The normalized spacial score (nSPS) is 16.5. The summed E-state index contributed by atoms with van der Waals surface area (Å²) in [6.07, 6.45) is -3.35. The van der Waals surface area contributed by atoms with E-state index in [1.165, 1.54) is 23.2 Å². The van der Waals surface area contributed by atoms with Crippen LogP contribution in [0.15, 0.2) is 48.5 Å². The lowest BCUT2D eigenvalue weighted by molar-refractivity contribution is -0.149. The summed E-state index contributed by atoms with van der Waals surface area (Å²) < 4.78 is 31.6. The van der Waals surface area contributed by atoms with E-state index in [0.29, 0.717) is 12.5 Å². The van der Waals surface area contributed by atoms with E-state index >= 15 is 0 Å². The molecule has 3 rings (SSSR count). The van der Waals surface area contributed by atoms with Crippen molar-refractivity contribution in [1.82, 2.24) is 15.7 Å². The number of halogens is 2. The predicted molar refractivity (Wildman–Crippen MR) is 123 cm³/mol. The Balaban J connectivity index is 1.62. The molecule has 1 aliphatic heterocycles. The molecule has 35 heavy (non-hydrogen) atoms. The smallest absolute Gasteiger partial charge is 0.269 e. The van der Waals surface area contributed by atoms with Gasteiger partial charge in [0.05, 0.1) is 13.2 Å². The molecule has 0 spiro atoms. The van der Waals surface area contributed by atoms with Gasteiger partial charge in [0.1, 0.15) is 6.04 Å². The third-order valence-corrected chi connectivity index (χ3v) is 5.64. The maximum atomic E-state index is 13.1. The summed E-state index contributed by atoms with van der Waals surface area (Å²) in [5.41, 5.74) is 0.962.